The van der Waals surface area contributed by atoms with Gasteiger partial charge in [0.15, 0.2) is 0 Å². The number of rotatable bonds is 3. The Bertz CT molecular complexity index is 540. The second kappa shape index (κ2) is 7.13. The van der Waals surface area contributed by atoms with Crippen molar-refractivity contribution >= 4 is 6.03 Å². The van der Waals surface area contributed by atoms with E-state index in [2.05, 4.69) is 20.4 Å². The standard InChI is InChI=1S/C18H29N5O/c24-18(21-15-8-10-22(13-15)16-5-1-2-6-16)23-9-4-3-7-17(23)14-11-19-20-12-14/h11-12,15-17H,1-10,13H2,(H,19,20)(H,21,24). The van der Waals surface area contributed by atoms with Crippen LogP contribution >= 0.6 is 0 Å². The average molecular weight is 331 g/mol. The maximum atomic E-state index is 12.9. The Morgan fingerprint density at radius 2 is 1.96 bits per heavy atom. The molecule has 1 aromatic heterocycles. The van der Waals surface area contributed by atoms with Crippen molar-refractivity contribution in [2.45, 2.75) is 69.5 Å². The number of hydrogen-bond donors (Lipinski definition) is 2. The van der Waals surface area contributed by atoms with Gasteiger partial charge in [0.2, 0.25) is 0 Å². The van der Waals surface area contributed by atoms with Gasteiger partial charge in [0.25, 0.3) is 0 Å². The number of likely N-dealkylation sites (tertiary alicyclic amines) is 2. The minimum Gasteiger partial charge on any atom is -0.334 e. The number of hydrogen-bond acceptors (Lipinski definition) is 3. The van der Waals surface area contributed by atoms with Gasteiger partial charge in [0.1, 0.15) is 0 Å². The quantitative estimate of drug-likeness (QED) is 0.895. The zero-order chi connectivity index (χ0) is 16.4. The fourth-order valence-electron chi connectivity index (χ4n) is 4.73. The summed E-state index contributed by atoms with van der Waals surface area (Å²) in [5.41, 5.74) is 1.13. The van der Waals surface area contributed by atoms with Gasteiger partial charge in [-0.15, -0.1) is 0 Å². The van der Waals surface area contributed by atoms with Gasteiger partial charge in [-0.2, -0.15) is 5.10 Å². The monoisotopic (exact) mass is 331 g/mol. The summed E-state index contributed by atoms with van der Waals surface area (Å²) in [7, 11) is 0. The van der Waals surface area contributed by atoms with Gasteiger partial charge >= 0.3 is 6.03 Å². The van der Waals surface area contributed by atoms with E-state index in [1.54, 1.807) is 0 Å². The fraction of sp³-hybridized carbons (Fsp3) is 0.778. The molecule has 1 aromatic rings. The van der Waals surface area contributed by atoms with Crippen molar-refractivity contribution in [1.82, 2.24) is 25.3 Å². The highest BCUT2D eigenvalue weighted by atomic mass is 16.2. The van der Waals surface area contributed by atoms with Crippen LogP contribution in [0, 0.1) is 0 Å². The van der Waals surface area contributed by atoms with Gasteiger partial charge in [-0.05, 0) is 38.5 Å². The van der Waals surface area contributed by atoms with Crippen LogP contribution in [0.1, 0.15) is 63.0 Å². The zero-order valence-electron chi connectivity index (χ0n) is 14.4. The van der Waals surface area contributed by atoms with E-state index in [-0.39, 0.29) is 12.1 Å². The van der Waals surface area contributed by atoms with Crippen molar-refractivity contribution in [3.63, 3.8) is 0 Å². The molecular formula is C18H29N5O. The summed E-state index contributed by atoms with van der Waals surface area (Å²) < 4.78 is 0. The highest BCUT2D eigenvalue weighted by Gasteiger charge is 2.33. The van der Waals surface area contributed by atoms with E-state index >= 15 is 0 Å². The summed E-state index contributed by atoms with van der Waals surface area (Å²) >= 11 is 0. The Morgan fingerprint density at radius 1 is 1.12 bits per heavy atom. The summed E-state index contributed by atoms with van der Waals surface area (Å²) in [5, 5.41) is 10.2. The number of piperidine rings is 1. The maximum Gasteiger partial charge on any atom is 0.318 e. The van der Waals surface area contributed by atoms with Crippen molar-refractivity contribution in [2.75, 3.05) is 19.6 Å². The second-order valence-corrected chi connectivity index (χ2v) is 7.60. The molecule has 2 aliphatic heterocycles. The minimum absolute atomic E-state index is 0.110. The smallest absolute Gasteiger partial charge is 0.318 e. The first kappa shape index (κ1) is 15.9. The Hall–Kier alpha value is -1.56. The van der Waals surface area contributed by atoms with E-state index in [4.69, 9.17) is 0 Å². The van der Waals surface area contributed by atoms with Gasteiger partial charge < -0.3 is 10.2 Å². The van der Waals surface area contributed by atoms with Crippen LogP contribution in [0.25, 0.3) is 0 Å². The molecule has 0 spiro atoms. The Balaban J connectivity index is 1.35. The molecule has 1 saturated carbocycles. The topological polar surface area (TPSA) is 64.3 Å². The number of H-pyrrole nitrogens is 1. The summed E-state index contributed by atoms with van der Waals surface area (Å²) in [5.74, 6) is 0. The van der Waals surface area contributed by atoms with Gasteiger partial charge in [0, 0.05) is 43.5 Å². The summed E-state index contributed by atoms with van der Waals surface area (Å²) in [6.07, 6.45) is 13.6. The molecule has 1 aliphatic carbocycles. The molecule has 3 heterocycles. The van der Waals surface area contributed by atoms with Gasteiger partial charge in [-0.25, -0.2) is 4.79 Å². The first-order valence-electron chi connectivity index (χ1n) is 9.61. The molecule has 6 nitrogen and oxygen atoms in total. The van der Waals surface area contributed by atoms with Crippen LogP contribution in [0.15, 0.2) is 12.4 Å². The predicted octanol–water partition coefficient (Wildman–Crippen LogP) is 2.66. The lowest BCUT2D eigenvalue weighted by molar-refractivity contribution is 0.147. The number of carbonyl (C=O) groups excluding carboxylic acids is 1. The third-order valence-electron chi connectivity index (χ3n) is 6.06. The minimum atomic E-state index is 0.110. The van der Waals surface area contributed by atoms with E-state index in [9.17, 15) is 4.79 Å². The summed E-state index contributed by atoms with van der Waals surface area (Å²) in [6.45, 7) is 3.02. The van der Waals surface area contributed by atoms with Crippen LogP contribution in [0.2, 0.25) is 0 Å². The lowest BCUT2D eigenvalue weighted by Gasteiger charge is -2.36. The lowest BCUT2D eigenvalue weighted by Crippen LogP contribution is -2.49. The summed E-state index contributed by atoms with van der Waals surface area (Å²) in [6, 6.07) is 1.36. The Morgan fingerprint density at radius 3 is 2.75 bits per heavy atom. The van der Waals surface area contributed by atoms with E-state index in [0.717, 1.165) is 50.5 Å². The number of amides is 2. The molecule has 0 bridgehead atoms. The molecule has 2 atom stereocenters. The molecule has 3 fully saturated rings. The molecule has 6 heteroatoms. The van der Waals surface area contributed by atoms with Crippen molar-refractivity contribution in [2.24, 2.45) is 0 Å². The normalized spacial score (nSPS) is 29.2. The number of nitrogens with one attached hydrogen (secondary N) is 2. The van der Waals surface area contributed by atoms with Crippen LogP contribution in [0.3, 0.4) is 0 Å². The van der Waals surface area contributed by atoms with E-state index in [1.165, 1.54) is 32.1 Å². The summed E-state index contributed by atoms with van der Waals surface area (Å²) in [4.78, 5) is 17.5. The molecule has 0 radical (unpaired) electrons. The van der Waals surface area contributed by atoms with Crippen molar-refractivity contribution in [1.29, 1.82) is 0 Å². The fourth-order valence-corrected chi connectivity index (χ4v) is 4.73. The molecule has 2 unspecified atom stereocenters. The van der Waals surface area contributed by atoms with E-state index in [0.29, 0.717) is 6.04 Å². The highest BCUT2D eigenvalue weighted by molar-refractivity contribution is 5.75. The largest absolute Gasteiger partial charge is 0.334 e. The number of aromatic amines is 1. The molecule has 2 amide bonds. The molecule has 0 aromatic carbocycles. The number of aromatic nitrogens is 2. The predicted molar refractivity (Wildman–Crippen MR) is 92.7 cm³/mol. The SMILES string of the molecule is O=C(NC1CCN(C2CCCC2)C1)N1CCCCC1c1cn[nH]c1. The van der Waals surface area contributed by atoms with Crippen LogP contribution < -0.4 is 5.32 Å². The first-order chi connectivity index (χ1) is 11.8. The second-order valence-electron chi connectivity index (χ2n) is 7.60. The third kappa shape index (κ3) is 3.29. The molecule has 24 heavy (non-hydrogen) atoms. The number of urea groups is 1. The number of carbonyl (C=O) groups is 1. The van der Waals surface area contributed by atoms with Crippen LogP contribution in [-0.4, -0.2) is 57.7 Å². The Kier molecular flexibility index (Phi) is 4.74. The van der Waals surface area contributed by atoms with Crippen molar-refractivity contribution in [3.05, 3.63) is 18.0 Å². The Labute approximate surface area is 144 Å². The van der Waals surface area contributed by atoms with Crippen molar-refractivity contribution in [3.8, 4) is 0 Å². The average Bonchev–Trinajstić information content (AvgIpc) is 3.36. The van der Waals surface area contributed by atoms with E-state index in [1.807, 2.05) is 17.3 Å². The van der Waals surface area contributed by atoms with Crippen molar-refractivity contribution < 1.29 is 4.79 Å². The maximum absolute atomic E-state index is 12.9. The van der Waals surface area contributed by atoms with Gasteiger partial charge in [-0.1, -0.05) is 12.8 Å². The molecule has 2 saturated heterocycles. The molecule has 4 rings (SSSR count). The molecule has 3 aliphatic rings. The van der Waals surface area contributed by atoms with Gasteiger partial charge in [-0.3, -0.25) is 10.00 Å². The van der Waals surface area contributed by atoms with Crippen LogP contribution in [0.5, 0.6) is 0 Å². The van der Waals surface area contributed by atoms with E-state index < -0.39 is 0 Å². The number of nitrogens with zero attached hydrogens (tertiary/aromatic N) is 3. The highest BCUT2D eigenvalue weighted by Crippen LogP contribution is 2.31. The lowest BCUT2D eigenvalue weighted by atomic mass is 9.98. The first-order valence-corrected chi connectivity index (χ1v) is 9.61. The molecule has 132 valence electrons. The zero-order valence-corrected chi connectivity index (χ0v) is 14.4. The van der Waals surface area contributed by atoms with Gasteiger partial charge in [0.05, 0.1) is 12.2 Å². The third-order valence-corrected chi connectivity index (χ3v) is 6.06. The van der Waals surface area contributed by atoms with Crippen LogP contribution in [-0.2, 0) is 0 Å². The molecular weight excluding hydrogens is 302 g/mol. The van der Waals surface area contributed by atoms with Crippen LogP contribution in [0.4, 0.5) is 4.79 Å². The molecule has 2 N–H and O–H groups in total.